The number of hydrogen-bond acceptors (Lipinski definition) is 7. The molecule has 3 aromatic carbocycles. The van der Waals surface area contributed by atoms with Crippen molar-refractivity contribution in [3.8, 4) is 23.0 Å². The molecule has 0 saturated heterocycles. The van der Waals surface area contributed by atoms with Crippen molar-refractivity contribution in [1.29, 1.82) is 0 Å². The van der Waals surface area contributed by atoms with Gasteiger partial charge in [-0.2, -0.15) is 0 Å². The van der Waals surface area contributed by atoms with Crippen LogP contribution in [0.3, 0.4) is 0 Å². The van der Waals surface area contributed by atoms with Gasteiger partial charge in [0.2, 0.25) is 5.91 Å². The predicted molar refractivity (Wildman–Crippen MR) is 144 cm³/mol. The van der Waals surface area contributed by atoms with Gasteiger partial charge in [0.1, 0.15) is 18.0 Å². The van der Waals surface area contributed by atoms with Crippen LogP contribution in [0.1, 0.15) is 30.0 Å². The van der Waals surface area contributed by atoms with Crippen LogP contribution in [0.25, 0.3) is 0 Å². The summed E-state index contributed by atoms with van der Waals surface area (Å²) in [4.78, 5) is 13.4. The number of anilines is 1. The maximum absolute atomic E-state index is 14.0. The molecule has 1 unspecified atom stereocenters. The largest absolute Gasteiger partial charge is 0.497 e. The molecule has 0 spiro atoms. The van der Waals surface area contributed by atoms with Crippen LogP contribution in [0.2, 0.25) is 0 Å². The number of hydrogen-bond donors (Lipinski definition) is 1. The number of nitrogens with zero attached hydrogens (tertiary/aromatic N) is 1. The summed E-state index contributed by atoms with van der Waals surface area (Å²) in [7, 11) is 1.54. The van der Waals surface area contributed by atoms with Gasteiger partial charge in [0, 0.05) is 12.1 Å². The van der Waals surface area contributed by atoms with Gasteiger partial charge in [0.05, 0.1) is 45.1 Å². The number of methoxy groups -OCH3 is 4. The molecule has 3 aromatic rings. The highest BCUT2D eigenvalue weighted by Gasteiger charge is 2.32. The van der Waals surface area contributed by atoms with Crippen LogP contribution in [0.4, 0.5) is 5.69 Å². The Labute approximate surface area is 223 Å². The van der Waals surface area contributed by atoms with Gasteiger partial charge in [0.15, 0.2) is 11.5 Å². The Morgan fingerprint density at radius 2 is 1.61 bits per heavy atom. The lowest BCUT2D eigenvalue weighted by atomic mass is 9.88. The highest BCUT2D eigenvalue weighted by atomic mass is 32.2. The topological polar surface area (TPSA) is 103 Å². The molecular weight excluding hydrogens is 508 g/mol. The maximum Gasteiger partial charge on any atom is 0.265 e. The first-order chi connectivity index (χ1) is 18.3. The molecule has 4 rings (SSSR count). The molecule has 1 amide bonds. The van der Waals surface area contributed by atoms with E-state index in [1.54, 1.807) is 12.1 Å². The van der Waals surface area contributed by atoms with Crippen LogP contribution in [0.5, 0.6) is 23.0 Å². The van der Waals surface area contributed by atoms with Gasteiger partial charge >= 0.3 is 0 Å². The normalized spacial score (nSPS) is 14.7. The molecule has 0 aromatic heterocycles. The molecule has 0 fully saturated rings. The first-order valence-electron chi connectivity index (χ1n) is 12.2. The zero-order valence-corrected chi connectivity index (χ0v) is 22.7. The van der Waals surface area contributed by atoms with E-state index in [2.05, 4.69) is 11.4 Å². The molecule has 0 saturated carbocycles. The van der Waals surface area contributed by atoms with Gasteiger partial charge < -0.3 is 24.3 Å². The van der Waals surface area contributed by atoms with E-state index in [-0.39, 0.29) is 28.1 Å². The molecular formula is C28H32N2O7S. The molecule has 0 heterocycles. The number of benzene rings is 3. The highest BCUT2D eigenvalue weighted by Crippen LogP contribution is 2.38. The van der Waals surface area contributed by atoms with Gasteiger partial charge in [-0.3, -0.25) is 9.10 Å². The van der Waals surface area contributed by atoms with E-state index in [1.807, 2.05) is 18.2 Å². The van der Waals surface area contributed by atoms with E-state index < -0.39 is 22.5 Å². The number of nitrogens with one attached hydrogen (secondary N) is 1. The lowest BCUT2D eigenvalue weighted by Crippen LogP contribution is -2.42. The highest BCUT2D eigenvalue weighted by molar-refractivity contribution is 7.92. The summed E-state index contributed by atoms with van der Waals surface area (Å²) in [6, 6.07) is 16.8. The Hall–Kier alpha value is -3.92. The summed E-state index contributed by atoms with van der Waals surface area (Å²) < 4.78 is 50.5. The van der Waals surface area contributed by atoms with Gasteiger partial charge in [-0.25, -0.2) is 8.42 Å². The smallest absolute Gasteiger partial charge is 0.265 e. The van der Waals surface area contributed by atoms with Gasteiger partial charge in [0.25, 0.3) is 10.0 Å². The molecule has 38 heavy (non-hydrogen) atoms. The number of aryl methyl sites for hydroxylation is 1. The van der Waals surface area contributed by atoms with Crippen LogP contribution in [-0.4, -0.2) is 49.3 Å². The summed E-state index contributed by atoms with van der Waals surface area (Å²) in [5, 5.41) is 3.04. The first kappa shape index (κ1) is 27.1. The number of fused-ring (bicyclic) bond motifs is 1. The molecule has 10 heteroatoms. The van der Waals surface area contributed by atoms with Crippen LogP contribution >= 0.6 is 0 Å². The molecule has 9 nitrogen and oxygen atoms in total. The number of sulfonamides is 1. The third kappa shape index (κ3) is 5.50. The van der Waals surface area contributed by atoms with Crippen LogP contribution < -0.4 is 28.6 Å². The van der Waals surface area contributed by atoms with Crippen molar-refractivity contribution in [1.82, 2.24) is 5.32 Å². The van der Waals surface area contributed by atoms with Crippen LogP contribution in [-0.2, 0) is 21.2 Å². The maximum atomic E-state index is 14.0. The average molecular weight is 541 g/mol. The summed E-state index contributed by atoms with van der Waals surface area (Å²) in [5.41, 5.74) is 2.41. The number of rotatable bonds is 10. The molecule has 1 atom stereocenters. The fourth-order valence-corrected chi connectivity index (χ4v) is 6.11. The van der Waals surface area contributed by atoms with Crippen molar-refractivity contribution in [2.24, 2.45) is 0 Å². The Kier molecular flexibility index (Phi) is 8.31. The lowest BCUT2D eigenvalue weighted by molar-refractivity contribution is -0.120. The summed E-state index contributed by atoms with van der Waals surface area (Å²) in [6.45, 7) is -0.473. The first-order valence-corrected chi connectivity index (χ1v) is 13.6. The third-order valence-corrected chi connectivity index (χ3v) is 8.35. The second-order valence-corrected chi connectivity index (χ2v) is 10.6. The third-order valence-electron chi connectivity index (χ3n) is 6.59. The minimum atomic E-state index is -4.26. The summed E-state index contributed by atoms with van der Waals surface area (Å²) >= 11 is 0. The zero-order chi connectivity index (χ0) is 27.3. The van der Waals surface area contributed by atoms with E-state index in [4.69, 9.17) is 18.9 Å². The van der Waals surface area contributed by atoms with E-state index in [0.717, 1.165) is 29.1 Å². The van der Waals surface area contributed by atoms with Crippen molar-refractivity contribution < 1.29 is 32.2 Å². The fourth-order valence-electron chi connectivity index (χ4n) is 4.67. The second kappa shape index (κ2) is 11.6. The van der Waals surface area contributed by atoms with Gasteiger partial charge in [-0.05, 0) is 54.7 Å². The summed E-state index contributed by atoms with van der Waals surface area (Å²) in [5.74, 6) is 0.862. The molecule has 202 valence electrons. The van der Waals surface area contributed by atoms with Crippen molar-refractivity contribution in [3.63, 3.8) is 0 Å². The van der Waals surface area contributed by atoms with Crippen molar-refractivity contribution in [2.75, 3.05) is 39.3 Å². The molecule has 0 aliphatic heterocycles. The fraction of sp³-hybridized carbons (Fsp3) is 0.321. The standard InChI is InChI=1S/C28H32N2O7S/c1-34-20-12-14-25(35-2)24(16-20)30(38(32,33)21-13-15-26(36-3)27(17-21)37-4)18-28(31)29-23-11-7-9-19-8-5-6-10-22(19)23/h5-6,8,10,12-17,23H,7,9,11,18H2,1-4H3,(H,29,31). The number of carbonyl (C=O) groups excluding carboxylic acids is 1. The number of amides is 1. The number of ether oxygens (including phenoxy) is 4. The van der Waals surface area contributed by atoms with Crippen molar-refractivity contribution >= 4 is 21.6 Å². The molecule has 1 aliphatic rings. The molecule has 1 aliphatic carbocycles. The number of carbonyl (C=O) groups is 1. The molecule has 1 N–H and O–H groups in total. The Morgan fingerprint density at radius 3 is 2.32 bits per heavy atom. The van der Waals surface area contributed by atoms with Gasteiger partial charge in [-0.1, -0.05) is 24.3 Å². The van der Waals surface area contributed by atoms with Gasteiger partial charge in [-0.15, -0.1) is 0 Å². The molecule has 0 radical (unpaired) electrons. The van der Waals surface area contributed by atoms with Crippen molar-refractivity contribution in [3.05, 3.63) is 71.8 Å². The van der Waals surface area contributed by atoms with E-state index >= 15 is 0 Å². The van der Waals surface area contributed by atoms with Crippen molar-refractivity contribution in [2.45, 2.75) is 30.2 Å². The minimum absolute atomic E-state index is 0.0733. The van der Waals surface area contributed by atoms with Crippen LogP contribution in [0.15, 0.2) is 65.6 Å². The Bertz CT molecular complexity index is 1410. The average Bonchev–Trinajstić information content (AvgIpc) is 2.95. The zero-order valence-electron chi connectivity index (χ0n) is 21.9. The predicted octanol–water partition coefficient (Wildman–Crippen LogP) is 4.11. The minimum Gasteiger partial charge on any atom is -0.497 e. The van der Waals surface area contributed by atoms with E-state index in [0.29, 0.717) is 11.5 Å². The van der Waals surface area contributed by atoms with E-state index in [1.165, 1.54) is 58.3 Å². The Balaban J connectivity index is 1.74. The second-order valence-electron chi connectivity index (χ2n) is 8.78. The molecule has 0 bridgehead atoms. The Morgan fingerprint density at radius 1 is 0.895 bits per heavy atom. The van der Waals surface area contributed by atoms with E-state index in [9.17, 15) is 13.2 Å². The van der Waals surface area contributed by atoms with Crippen LogP contribution in [0, 0.1) is 0 Å². The lowest BCUT2D eigenvalue weighted by Gasteiger charge is -2.29. The monoisotopic (exact) mass is 540 g/mol. The SMILES string of the molecule is COc1ccc(OC)c(N(CC(=O)NC2CCCc3ccccc32)S(=O)(=O)c2ccc(OC)c(OC)c2)c1. The quantitative estimate of drug-likeness (QED) is 0.413. The summed E-state index contributed by atoms with van der Waals surface area (Å²) in [6.07, 6.45) is 2.65.